The Labute approximate surface area is 161 Å². The lowest BCUT2D eigenvalue weighted by Gasteiger charge is -2.56. The topological polar surface area (TPSA) is 42.2 Å². The zero-order chi connectivity index (χ0) is 19.5. The van der Waals surface area contributed by atoms with Crippen LogP contribution >= 0.6 is 0 Å². The molecule has 0 atom stereocenters. The Morgan fingerprint density at radius 1 is 1.00 bits per heavy atom. The van der Waals surface area contributed by atoms with Crippen LogP contribution in [0.25, 0.3) is 11.3 Å². The van der Waals surface area contributed by atoms with Crippen LogP contribution in [0.4, 0.5) is 13.2 Å². The first-order chi connectivity index (χ1) is 13.3. The van der Waals surface area contributed by atoms with Crippen molar-refractivity contribution < 1.29 is 22.4 Å². The van der Waals surface area contributed by atoms with E-state index in [2.05, 4.69) is 5.32 Å². The van der Waals surface area contributed by atoms with Gasteiger partial charge in [0.05, 0.1) is 5.56 Å². The number of halogens is 3. The quantitative estimate of drug-likeness (QED) is 0.736. The number of amides is 1. The highest BCUT2D eigenvalue weighted by atomic mass is 19.4. The molecule has 1 aromatic carbocycles. The molecule has 6 rings (SSSR count). The van der Waals surface area contributed by atoms with Crippen molar-refractivity contribution in [2.75, 3.05) is 0 Å². The van der Waals surface area contributed by atoms with Crippen LogP contribution in [0.3, 0.4) is 0 Å². The fraction of sp³-hybridized carbons (Fsp3) is 0.500. The van der Waals surface area contributed by atoms with Gasteiger partial charge in [-0.3, -0.25) is 4.79 Å². The third-order valence-corrected chi connectivity index (χ3v) is 6.72. The molecule has 1 N–H and O–H groups in total. The van der Waals surface area contributed by atoms with Crippen molar-refractivity contribution in [1.29, 1.82) is 0 Å². The van der Waals surface area contributed by atoms with Crippen LogP contribution in [0.2, 0.25) is 0 Å². The second-order valence-electron chi connectivity index (χ2n) is 8.89. The van der Waals surface area contributed by atoms with Gasteiger partial charge in [0.15, 0.2) is 5.76 Å². The maximum Gasteiger partial charge on any atom is 0.416 e. The Bertz CT molecular complexity index is 879. The van der Waals surface area contributed by atoms with E-state index >= 15 is 0 Å². The zero-order valence-corrected chi connectivity index (χ0v) is 15.4. The van der Waals surface area contributed by atoms with Crippen molar-refractivity contribution in [3.8, 4) is 11.3 Å². The van der Waals surface area contributed by atoms with Crippen molar-refractivity contribution in [1.82, 2.24) is 5.32 Å². The number of furan rings is 1. The van der Waals surface area contributed by atoms with Gasteiger partial charge in [-0.2, -0.15) is 13.2 Å². The summed E-state index contributed by atoms with van der Waals surface area (Å²) in [5, 5.41) is 3.23. The van der Waals surface area contributed by atoms with Gasteiger partial charge >= 0.3 is 6.18 Å². The summed E-state index contributed by atoms with van der Waals surface area (Å²) in [6, 6.07) is 8.06. The first-order valence-electron chi connectivity index (χ1n) is 9.90. The molecule has 4 fully saturated rings. The van der Waals surface area contributed by atoms with E-state index in [4.69, 9.17) is 4.42 Å². The number of hydrogen-bond acceptors (Lipinski definition) is 2. The number of hydrogen-bond donors (Lipinski definition) is 1. The Kier molecular flexibility index (Phi) is 3.90. The monoisotopic (exact) mass is 389 g/mol. The lowest BCUT2D eigenvalue weighted by atomic mass is 9.53. The number of nitrogens with one attached hydrogen (secondary N) is 1. The first kappa shape index (κ1) is 17.8. The predicted octanol–water partition coefficient (Wildman–Crippen LogP) is 5.66. The summed E-state index contributed by atoms with van der Waals surface area (Å²) in [6.45, 7) is 0. The van der Waals surface area contributed by atoms with Gasteiger partial charge in [0.1, 0.15) is 5.76 Å². The molecule has 0 aliphatic heterocycles. The van der Waals surface area contributed by atoms with Gasteiger partial charge < -0.3 is 9.73 Å². The lowest BCUT2D eigenvalue weighted by molar-refractivity contribution is -0.137. The van der Waals surface area contributed by atoms with Crippen molar-refractivity contribution in [2.24, 2.45) is 17.8 Å². The van der Waals surface area contributed by atoms with Crippen LogP contribution in [0.15, 0.2) is 40.8 Å². The van der Waals surface area contributed by atoms with Gasteiger partial charge in [-0.1, -0.05) is 12.1 Å². The van der Waals surface area contributed by atoms with E-state index in [0.29, 0.717) is 23.3 Å². The third-order valence-electron chi connectivity index (χ3n) is 6.72. The van der Waals surface area contributed by atoms with E-state index in [-0.39, 0.29) is 23.0 Å². The van der Waals surface area contributed by atoms with Crippen LogP contribution in [0, 0.1) is 17.8 Å². The average molecular weight is 389 g/mol. The Morgan fingerprint density at radius 3 is 2.25 bits per heavy atom. The number of alkyl halides is 3. The van der Waals surface area contributed by atoms with E-state index < -0.39 is 11.7 Å². The van der Waals surface area contributed by atoms with Crippen molar-refractivity contribution in [2.45, 2.75) is 50.2 Å². The lowest BCUT2D eigenvalue weighted by Crippen LogP contribution is -2.59. The van der Waals surface area contributed by atoms with Gasteiger partial charge in [0, 0.05) is 11.1 Å². The number of rotatable bonds is 3. The summed E-state index contributed by atoms with van der Waals surface area (Å²) in [5.74, 6) is 2.29. The molecule has 4 bridgehead atoms. The molecule has 28 heavy (non-hydrogen) atoms. The maximum absolute atomic E-state index is 12.9. The normalized spacial score (nSPS) is 31.2. The van der Waals surface area contributed by atoms with Gasteiger partial charge in [0.25, 0.3) is 5.91 Å². The standard InChI is InChI=1S/C22H22F3NO2/c23-22(24,25)17-3-1-2-16(9-17)18-4-5-19(28-18)20(27)26-21-10-13-6-14(11-21)8-15(7-13)12-21/h1-5,9,13-15H,6-8,10-12H2,(H,26,27). The minimum atomic E-state index is -4.42. The van der Waals surface area contributed by atoms with Crippen LogP contribution < -0.4 is 5.32 Å². The number of carbonyl (C=O) groups is 1. The summed E-state index contributed by atoms with van der Waals surface area (Å²) in [7, 11) is 0. The molecular weight excluding hydrogens is 367 g/mol. The molecule has 1 amide bonds. The predicted molar refractivity (Wildman–Crippen MR) is 97.5 cm³/mol. The van der Waals surface area contributed by atoms with E-state index in [0.717, 1.165) is 31.4 Å². The van der Waals surface area contributed by atoms with Crippen molar-refractivity contribution in [3.05, 3.63) is 47.7 Å². The summed E-state index contributed by atoms with van der Waals surface area (Å²) >= 11 is 0. The van der Waals surface area contributed by atoms with Gasteiger partial charge in [-0.25, -0.2) is 0 Å². The minimum absolute atomic E-state index is 0.130. The van der Waals surface area contributed by atoms with Crippen molar-refractivity contribution >= 4 is 5.91 Å². The summed E-state index contributed by atoms with van der Waals surface area (Å²) in [5.41, 5.74) is -0.556. The third kappa shape index (κ3) is 3.12. The number of benzene rings is 1. The Hall–Kier alpha value is -2.24. The molecule has 0 radical (unpaired) electrons. The summed E-state index contributed by atoms with van der Waals surface area (Å²) in [4.78, 5) is 12.8. The summed E-state index contributed by atoms with van der Waals surface area (Å²) < 4.78 is 44.4. The first-order valence-corrected chi connectivity index (χ1v) is 9.90. The molecule has 0 spiro atoms. The highest BCUT2D eigenvalue weighted by molar-refractivity contribution is 5.92. The second-order valence-corrected chi connectivity index (χ2v) is 8.89. The fourth-order valence-corrected chi connectivity index (χ4v) is 6.03. The van der Waals surface area contributed by atoms with Gasteiger partial charge in [0.2, 0.25) is 0 Å². The zero-order valence-electron chi connectivity index (χ0n) is 15.4. The van der Waals surface area contributed by atoms with Crippen LogP contribution in [-0.2, 0) is 6.18 Å². The molecule has 4 saturated carbocycles. The second kappa shape index (κ2) is 6.13. The molecule has 3 nitrogen and oxygen atoms in total. The Morgan fingerprint density at radius 2 is 1.64 bits per heavy atom. The highest BCUT2D eigenvalue weighted by Crippen LogP contribution is 2.55. The van der Waals surface area contributed by atoms with E-state index in [9.17, 15) is 18.0 Å². The molecule has 6 heteroatoms. The molecule has 1 heterocycles. The maximum atomic E-state index is 12.9. The molecule has 4 aliphatic rings. The van der Waals surface area contributed by atoms with E-state index in [1.54, 1.807) is 18.2 Å². The van der Waals surface area contributed by atoms with E-state index in [1.807, 2.05) is 0 Å². The van der Waals surface area contributed by atoms with E-state index in [1.165, 1.54) is 25.3 Å². The average Bonchev–Trinajstić information content (AvgIpc) is 3.10. The van der Waals surface area contributed by atoms with Gasteiger partial charge in [-0.05, 0) is 80.5 Å². The van der Waals surface area contributed by atoms with Crippen molar-refractivity contribution in [3.63, 3.8) is 0 Å². The largest absolute Gasteiger partial charge is 0.451 e. The van der Waals surface area contributed by atoms with Crippen LogP contribution in [0.1, 0.15) is 54.6 Å². The molecule has 148 valence electrons. The molecule has 2 aromatic rings. The summed E-state index contributed by atoms with van der Waals surface area (Å²) in [6.07, 6.45) is 2.55. The fourth-order valence-electron chi connectivity index (χ4n) is 6.03. The molecule has 4 aliphatic carbocycles. The smallest absolute Gasteiger partial charge is 0.416 e. The van der Waals surface area contributed by atoms with Crippen LogP contribution in [-0.4, -0.2) is 11.4 Å². The number of carbonyl (C=O) groups excluding carboxylic acids is 1. The molecular formula is C22H22F3NO2. The molecule has 1 aromatic heterocycles. The highest BCUT2D eigenvalue weighted by Gasteiger charge is 2.51. The van der Waals surface area contributed by atoms with Gasteiger partial charge in [-0.15, -0.1) is 0 Å². The molecule has 0 unspecified atom stereocenters. The minimum Gasteiger partial charge on any atom is -0.451 e. The SMILES string of the molecule is O=C(NC12CC3CC(CC(C3)C1)C2)c1ccc(-c2cccc(C(F)(F)F)c2)o1. The van der Waals surface area contributed by atoms with Crippen LogP contribution in [0.5, 0.6) is 0 Å². The molecule has 0 saturated heterocycles. The Balaban J connectivity index is 1.35.